The van der Waals surface area contributed by atoms with E-state index >= 15 is 0 Å². The first kappa shape index (κ1) is 10.6. The highest BCUT2D eigenvalue weighted by Crippen LogP contribution is 2.23. The minimum absolute atomic E-state index is 0.220. The fraction of sp³-hybridized carbons (Fsp3) is 0.111. The standard InChI is InChI=1S/C9H9N5OS/c1-7(15)11-14-9(10-12-13-14)16-8-5-3-2-4-6-8/h2-6H,1H3,(H,11,15). The number of carbonyl (C=O) groups excluding carboxylic acids is 1. The normalized spacial score (nSPS) is 10.1. The van der Waals surface area contributed by atoms with Crippen molar-refractivity contribution in [1.82, 2.24) is 20.3 Å². The van der Waals surface area contributed by atoms with Crippen molar-refractivity contribution in [2.45, 2.75) is 17.0 Å². The Hall–Kier alpha value is -1.89. The molecule has 0 bridgehead atoms. The molecule has 1 amide bonds. The summed E-state index contributed by atoms with van der Waals surface area (Å²) in [6.07, 6.45) is 0. The van der Waals surface area contributed by atoms with Crippen molar-refractivity contribution >= 4 is 17.7 Å². The number of carbonyl (C=O) groups is 1. The Morgan fingerprint density at radius 2 is 2.12 bits per heavy atom. The predicted octanol–water partition coefficient (Wildman–Crippen LogP) is 0.914. The van der Waals surface area contributed by atoms with Crippen LogP contribution in [0.15, 0.2) is 40.4 Å². The average molecular weight is 235 g/mol. The van der Waals surface area contributed by atoms with Crippen molar-refractivity contribution in [3.8, 4) is 0 Å². The van der Waals surface area contributed by atoms with Crippen LogP contribution in [-0.2, 0) is 4.79 Å². The van der Waals surface area contributed by atoms with Gasteiger partial charge in [-0.05, 0) is 34.3 Å². The Kier molecular flexibility index (Phi) is 3.16. The van der Waals surface area contributed by atoms with Crippen molar-refractivity contribution in [1.29, 1.82) is 0 Å². The zero-order valence-corrected chi connectivity index (χ0v) is 9.31. The molecule has 0 atom stereocenters. The van der Waals surface area contributed by atoms with Gasteiger partial charge in [-0.25, -0.2) is 5.43 Å². The number of amides is 1. The Morgan fingerprint density at radius 3 is 2.81 bits per heavy atom. The average Bonchev–Trinajstić information content (AvgIpc) is 2.66. The van der Waals surface area contributed by atoms with Gasteiger partial charge in [-0.15, -0.1) is 4.79 Å². The smallest absolute Gasteiger partial charge is 0.237 e. The molecule has 2 rings (SSSR count). The van der Waals surface area contributed by atoms with E-state index in [1.165, 1.54) is 23.5 Å². The molecule has 0 saturated heterocycles. The van der Waals surface area contributed by atoms with E-state index in [0.29, 0.717) is 5.16 Å². The Morgan fingerprint density at radius 1 is 1.38 bits per heavy atom. The van der Waals surface area contributed by atoms with Gasteiger partial charge in [0, 0.05) is 11.8 Å². The van der Waals surface area contributed by atoms with Crippen molar-refractivity contribution in [3.63, 3.8) is 0 Å². The molecule has 7 heteroatoms. The minimum atomic E-state index is -0.220. The van der Waals surface area contributed by atoms with Gasteiger partial charge in [-0.1, -0.05) is 23.3 Å². The van der Waals surface area contributed by atoms with Crippen LogP contribution >= 0.6 is 11.8 Å². The Balaban J connectivity index is 2.16. The third-order valence-electron chi connectivity index (χ3n) is 1.66. The molecule has 2 aromatic rings. The fourth-order valence-electron chi connectivity index (χ4n) is 1.06. The number of nitrogens with zero attached hydrogens (tertiary/aromatic N) is 4. The van der Waals surface area contributed by atoms with Gasteiger partial charge in [-0.2, -0.15) is 0 Å². The van der Waals surface area contributed by atoms with Crippen molar-refractivity contribution in [2.24, 2.45) is 0 Å². The highest BCUT2D eigenvalue weighted by Gasteiger charge is 2.08. The van der Waals surface area contributed by atoms with Crippen LogP contribution in [0.25, 0.3) is 0 Å². The second kappa shape index (κ2) is 4.75. The number of hydrogen-bond donors (Lipinski definition) is 1. The molecule has 0 unspecified atom stereocenters. The van der Waals surface area contributed by atoms with Gasteiger partial charge in [0.05, 0.1) is 0 Å². The molecular weight excluding hydrogens is 226 g/mol. The molecule has 82 valence electrons. The summed E-state index contributed by atoms with van der Waals surface area (Å²) < 4.78 is 0. The zero-order chi connectivity index (χ0) is 11.4. The molecule has 1 aromatic carbocycles. The predicted molar refractivity (Wildman–Crippen MR) is 58.4 cm³/mol. The summed E-state index contributed by atoms with van der Waals surface area (Å²) in [4.78, 5) is 13.1. The first-order chi connectivity index (χ1) is 7.75. The summed E-state index contributed by atoms with van der Waals surface area (Å²) in [5, 5.41) is 11.5. The van der Waals surface area contributed by atoms with Gasteiger partial charge < -0.3 is 0 Å². The molecular formula is C9H9N5OS. The maximum absolute atomic E-state index is 10.9. The van der Waals surface area contributed by atoms with E-state index in [1.807, 2.05) is 30.3 Å². The SMILES string of the molecule is CC(=O)Nn1nnnc1Sc1ccccc1. The lowest BCUT2D eigenvalue weighted by atomic mass is 10.4. The molecule has 6 nitrogen and oxygen atoms in total. The molecule has 1 heterocycles. The molecule has 0 aliphatic rings. The molecule has 0 radical (unpaired) electrons. The summed E-state index contributed by atoms with van der Waals surface area (Å²) >= 11 is 1.37. The summed E-state index contributed by atoms with van der Waals surface area (Å²) in [6, 6.07) is 9.67. The molecule has 0 saturated carbocycles. The molecule has 0 aliphatic heterocycles. The Labute approximate surface area is 96.0 Å². The van der Waals surface area contributed by atoms with Crippen LogP contribution in [0.4, 0.5) is 0 Å². The van der Waals surface area contributed by atoms with E-state index in [1.54, 1.807) is 0 Å². The number of tetrazole rings is 1. The third-order valence-corrected chi connectivity index (χ3v) is 2.60. The second-order valence-corrected chi connectivity index (χ2v) is 4.00. The van der Waals surface area contributed by atoms with Gasteiger partial charge >= 0.3 is 0 Å². The molecule has 0 aliphatic carbocycles. The maximum Gasteiger partial charge on any atom is 0.237 e. The molecule has 0 fully saturated rings. The molecule has 0 spiro atoms. The van der Waals surface area contributed by atoms with E-state index in [-0.39, 0.29) is 5.91 Å². The van der Waals surface area contributed by atoms with E-state index < -0.39 is 0 Å². The molecule has 1 N–H and O–H groups in total. The van der Waals surface area contributed by atoms with Crippen LogP contribution in [0.3, 0.4) is 0 Å². The van der Waals surface area contributed by atoms with Crippen LogP contribution < -0.4 is 5.43 Å². The number of aromatic nitrogens is 4. The van der Waals surface area contributed by atoms with Crippen LogP contribution in [0, 0.1) is 0 Å². The van der Waals surface area contributed by atoms with E-state index in [0.717, 1.165) is 4.90 Å². The maximum atomic E-state index is 10.9. The van der Waals surface area contributed by atoms with Crippen LogP contribution in [0.5, 0.6) is 0 Å². The zero-order valence-electron chi connectivity index (χ0n) is 8.49. The lowest BCUT2D eigenvalue weighted by molar-refractivity contribution is -0.115. The van der Waals surface area contributed by atoms with Crippen LogP contribution in [0.1, 0.15) is 6.92 Å². The van der Waals surface area contributed by atoms with Gasteiger partial charge in [0.1, 0.15) is 0 Å². The molecule has 16 heavy (non-hydrogen) atoms. The van der Waals surface area contributed by atoms with Crippen molar-refractivity contribution < 1.29 is 4.79 Å². The topological polar surface area (TPSA) is 72.7 Å². The minimum Gasteiger partial charge on any atom is -0.274 e. The molecule has 1 aromatic heterocycles. The quantitative estimate of drug-likeness (QED) is 0.856. The number of rotatable bonds is 3. The monoisotopic (exact) mass is 235 g/mol. The summed E-state index contributed by atoms with van der Waals surface area (Å²) in [5.41, 5.74) is 2.49. The largest absolute Gasteiger partial charge is 0.274 e. The van der Waals surface area contributed by atoms with Crippen molar-refractivity contribution in [3.05, 3.63) is 30.3 Å². The van der Waals surface area contributed by atoms with Crippen LogP contribution in [-0.4, -0.2) is 26.2 Å². The van der Waals surface area contributed by atoms with E-state index in [9.17, 15) is 4.79 Å². The highest BCUT2D eigenvalue weighted by molar-refractivity contribution is 7.99. The third kappa shape index (κ3) is 2.57. The van der Waals surface area contributed by atoms with Gasteiger partial charge in [-0.3, -0.25) is 4.79 Å². The lowest BCUT2D eigenvalue weighted by Gasteiger charge is -2.02. The van der Waals surface area contributed by atoms with Gasteiger partial charge in [0.25, 0.3) is 0 Å². The first-order valence-electron chi connectivity index (χ1n) is 4.54. The first-order valence-corrected chi connectivity index (χ1v) is 5.36. The number of hydrogen-bond acceptors (Lipinski definition) is 5. The number of benzene rings is 1. The van der Waals surface area contributed by atoms with Crippen LogP contribution in [0.2, 0.25) is 0 Å². The van der Waals surface area contributed by atoms with E-state index in [4.69, 9.17) is 0 Å². The van der Waals surface area contributed by atoms with E-state index in [2.05, 4.69) is 21.0 Å². The summed E-state index contributed by atoms with van der Waals surface area (Å²) in [5.74, 6) is -0.220. The van der Waals surface area contributed by atoms with Crippen molar-refractivity contribution in [2.75, 3.05) is 5.43 Å². The summed E-state index contributed by atoms with van der Waals surface area (Å²) in [7, 11) is 0. The van der Waals surface area contributed by atoms with Gasteiger partial charge in [0.2, 0.25) is 11.1 Å². The Bertz CT molecular complexity index is 484. The second-order valence-electron chi connectivity index (χ2n) is 2.96. The number of nitrogens with one attached hydrogen (secondary N) is 1. The highest BCUT2D eigenvalue weighted by atomic mass is 32.2. The fourth-order valence-corrected chi connectivity index (χ4v) is 1.81. The summed E-state index contributed by atoms with van der Waals surface area (Å²) in [6.45, 7) is 1.40. The van der Waals surface area contributed by atoms with Gasteiger partial charge in [0.15, 0.2) is 0 Å². The lowest BCUT2D eigenvalue weighted by Crippen LogP contribution is -2.21.